The van der Waals surface area contributed by atoms with Gasteiger partial charge in [0.25, 0.3) is 10.0 Å². The number of likely N-dealkylation sites (tertiary alicyclic amines) is 1. The van der Waals surface area contributed by atoms with Crippen LogP contribution in [0, 0.1) is 0 Å². The van der Waals surface area contributed by atoms with Crippen LogP contribution in [0.4, 0.5) is 0 Å². The predicted octanol–water partition coefficient (Wildman–Crippen LogP) is 1.35. The van der Waals surface area contributed by atoms with Gasteiger partial charge in [-0.2, -0.15) is 8.42 Å². The number of hydrogen-bond acceptors (Lipinski definition) is 4. The van der Waals surface area contributed by atoms with Gasteiger partial charge in [0, 0.05) is 24.2 Å². The first-order valence-electron chi connectivity index (χ1n) is 7.61. The summed E-state index contributed by atoms with van der Waals surface area (Å²) in [4.78, 5) is 2.57. The molecule has 0 saturated carbocycles. The fourth-order valence-electron chi connectivity index (χ4n) is 3.81. The van der Waals surface area contributed by atoms with Gasteiger partial charge in [-0.15, -0.1) is 4.40 Å². The zero-order valence-corrected chi connectivity index (χ0v) is 12.6. The van der Waals surface area contributed by atoms with Crippen molar-refractivity contribution < 1.29 is 8.42 Å². The summed E-state index contributed by atoms with van der Waals surface area (Å²) in [6, 6.07) is 8.00. The molecule has 2 saturated heterocycles. The van der Waals surface area contributed by atoms with Crippen LogP contribution in [0.15, 0.2) is 33.6 Å². The number of nitrogens with zero attached hydrogens (tertiary/aromatic N) is 2. The molecule has 0 spiro atoms. The van der Waals surface area contributed by atoms with Gasteiger partial charge in [0.15, 0.2) is 5.84 Å². The van der Waals surface area contributed by atoms with Crippen LogP contribution in [0.2, 0.25) is 0 Å². The summed E-state index contributed by atoms with van der Waals surface area (Å²) < 4.78 is 28.5. The van der Waals surface area contributed by atoms with Gasteiger partial charge in [-0.3, -0.25) is 0 Å². The van der Waals surface area contributed by atoms with E-state index in [1.54, 1.807) is 12.1 Å². The van der Waals surface area contributed by atoms with Gasteiger partial charge in [-0.1, -0.05) is 12.1 Å². The number of hydrogen-bond donors (Lipinski definition) is 1. The third-order valence-electron chi connectivity index (χ3n) is 4.75. The quantitative estimate of drug-likeness (QED) is 0.851. The average Bonchev–Trinajstić information content (AvgIpc) is 3.18. The number of nitrogens with one attached hydrogen (secondary N) is 1. The van der Waals surface area contributed by atoms with Crippen LogP contribution in [0.25, 0.3) is 0 Å². The highest BCUT2D eigenvalue weighted by molar-refractivity contribution is 7.90. The maximum Gasteiger partial charge on any atom is 0.285 e. The molecule has 2 atom stereocenters. The Morgan fingerprint density at radius 3 is 2.86 bits per heavy atom. The standard InChI is InChI=1S/C15H19N3O2S/c19-21(20)14-8-2-1-5-11(14)15(17-21)18-10-4-7-13(18)12-6-3-9-16-12/h1-2,5,8,12-13,16H,3-4,6-7,9-10H2. The number of fused-ring (bicyclic) bond motifs is 1. The smallest absolute Gasteiger partial charge is 0.285 e. The molecule has 1 N–H and O–H groups in total. The molecule has 0 bridgehead atoms. The molecule has 1 aromatic rings. The summed E-state index contributed by atoms with van der Waals surface area (Å²) in [6.45, 7) is 1.96. The predicted molar refractivity (Wildman–Crippen MR) is 80.9 cm³/mol. The highest BCUT2D eigenvalue weighted by Crippen LogP contribution is 2.33. The lowest BCUT2D eigenvalue weighted by molar-refractivity contribution is 0.317. The number of rotatable bonds is 1. The van der Waals surface area contributed by atoms with Gasteiger partial charge < -0.3 is 10.2 Å². The molecular formula is C15H19N3O2S. The Balaban J connectivity index is 1.73. The van der Waals surface area contributed by atoms with Crippen LogP contribution in [0.1, 0.15) is 31.2 Å². The highest BCUT2D eigenvalue weighted by atomic mass is 32.2. The van der Waals surface area contributed by atoms with Crippen LogP contribution in [0.3, 0.4) is 0 Å². The molecule has 3 heterocycles. The van der Waals surface area contributed by atoms with E-state index in [0.717, 1.165) is 31.5 Å². The van der Waals surface area contributed by atoms with Crippen LogP contribution in [-0.2, 0) is 10.0 Å². The van der Waals surface area contributed by atoms with Crippen molar-refractivity contribution in [3.63, 3.8) is 0 Å². The van der Waals surface area contributed by atoms with Crippen molar-refractivity contribution >= 4 is 15.9 Å². The van der Waals surface area contributed by atoms with Crippen LogP contribution in [-0.4, -0.2) is 44.3 Å². The Morgan fingerprint density at radius 2 is 2.05 bits per heavy atom. The van der Waals surface area contributed by atoms with Gasteiger partial charge in [0.2, 0.25) is 0 Å². The van der Waals surface area contributed by atoms with Gasteiger partial charge >= 0.3 is 0 Å². The zero-order valence-electron chi connectivity index (χ0n) is 11.8. The molecular weight excluding hydrogens is 286 g/mol. The van der Waals surface area contributed by atoms with E-state index in [0.29, 0.717) is 22.8 Å². The Morgan fingerprint density at radius 1 is 1.19 bits per heavy atom. The molecule has 6 heteroatoms. The summed E-state index contributed by atoms with van der Waals surface area (Å²) in [6.07, 6.45) is 4.59. The van der Waals surface area contributed by atoms with Crippen molar-refractivity contribution in [1.29, 1.82) is 0 Å². The van der Waals surface area contributed by atoms with Crippen molar-refractivity contribution in [1.82, 2.24) is 10.2 Å². The van der Waals surface area contributed by atoms with E-state index in [1.807, 2.05) is 12.1 Å². The number of sulfonamides is 1. The molecule has 0 aromatic heterocycles. The molecule has 2 fully saturated rings. The third kappa shape index (κ3) is 2.08. The minimum Gasteiger partial charge on any atom is -0.351 e. The molecule has 0 amide bonds. The Labute approximate surface area is 125 Å². The van der Waals surface area contributed by atoms with Gasteiger partial charge in [-0.05, 0) is 44.4 Å². The fraction of sp³-hybridized carbons (Fsp3) is 0.533. The van der Waals surface area contributed by atoms with Crippen molar-refractivity contribution in [3.8, 4) is 0 Å². The monoisotopic (exact) mass is 305 g/mol. The van der Waals surface area contributed by atoms with Crippen LogP contribution >= 0.6 is 0 Å². The number of benzene rings is 1. The van der Waals surface area contributed by atoms with Gasteiger partial charge in [-0.25, -0.2) is 0 Å². The van der Waals surface area contributed by atoms with Crippen molar-refractivity contribution in [2.24, 2.45) is 4.40 Å². The van der Waals surface area contributed by atoms with Gasteiger partial charge in [0.1, 0.15) is 4.90 Å². The molecule has 1 aromatic carbocycles. The molecule has 4 rings (SSSR count). The average molecular weight is 305 g/mol. The number of amidine groups is 1. The second-order valence-electron chi connectivity index (χ2n) is 5.99. The largest absolute Gasteiger partial charge is 0.351 e. The van der Waals surface area contributed by atoms with Crippen molar-refractivity contribution in [2.45, 2.75) is 42.7 Å². The Kier molecular flexibility index (Phi) is 3.04. The molecule has 112 valence electrons. The molecule has 5 nitrogen and oxygen atoms in total. The lowest BCUT2D eigenvalue weighted by Crippen LogP contribution is -2.46. The van der Waals surface area contributed by atoms with E-state index in [1.165, 1.54) is 12.8 Å². The second kappa shape index (κ2) is 4.81. The molecule has 0 aliphatic carbocycles. The lowest BCUT2D eigenvalue weighted by Gasteiger charge is -2.31. The van der Waals surface area contributed by atoms with E-state index < -0.39 is 10.0 Å². The molecule has 2 unspecified atom stereocenters. The Bertz CT molecular complexity index is 693. The van der Waals surface area contributed by atoms with E-state index in [4.69, 9.17) is 0 Å². The zero-order chi connectivity index (χ0) is 14.4. The minimum atomic E-state index is -3.51. The van der Waals surface area contributed by atoms with Crippen molar-refractivity contribution in [3.05, 3.63) is 29.8 Å². The SMILES string of the molecule is O=S1(=O)N=C(N2CCCC2C2CCCN2)c2ccccc21. The third-order valence-corrected chi connectivity index (χ3v) is 6.07. The summed E-state index contributed by atoms with van der Waals surface area (Å²) in [5.74, 6) is 0.654. The highest BCUT2D eigenvalue weighted by Gasteiger charge is 2.39. The van der Waals surface area contributed by atoms with Crippen LogP contribution in [0.5, 0.6) is 0 Å². The summed E-state index contributed by atoms with van der Waals surface area (Å²) in [5, 5.41) is 3.55. The molecule has 3 aliphatic heterocycles. The first-order chi connectivity index (χ1) is 10.2. The molecule has 3 aliphatic rings. The maximum absolute atomic E-state index is 12.2. The fourth-order valence-corrected chi connectivity index (χ4v) is 5.03. The van der Waals surface area contributed by atoms with Gasteiger partial charge in [0.05, 0.1) is 0 Å². The van der Waals surface area contributed by atoms with Crippen molar-refractivity contribution in [2.75, 3.05) is 13.1 Å². The minimum absolute atomic E-state index is 0.352. The Hall–Kier alpha value is -1.40. The topological polar surface area (TPSA) is 61.8 Å². The second-order valence-corrected chi connectivity index (χ2v) is 7.56. The molecule has 0 radical (unpaired) electrons. The summed E-state index contributed by atoms with van der Waals surface area (Å²) in [5.41, 5.74) is 0.766. The molecule has 21 heavy (non-hydrogen) atoms. The van der Waals surface area contributed by atoms with E-state index in [2.05, 4.69) is 14.6 Å². The summed E-state index contributed by atoms with van der Waals surface area (Å²) >= 11 is 0. The normalized spacial score (nSPS) is 30.5. The van der Waals surface area contributed by atoms with E-state index in [9.17, 15) is 8.42 Å². The summed E-state index contributed by atoms with van der Waals surface area (Å²) in [7, 11) is -3.51. The first kappa shape index (κ1) is 13.3. The van der Waals surface area contributed by atoms with E-state index in [-0.39, 0.29) is 0 Å². The maximum atomic E-state index is 12.2. The van der Waals surface area contributed by atoms with E-state index >= 15 is 0 Å². The van der Waals surface area contributed by atoms with Crippen LogP contribution < -0.4 is 5.32 Å². The lowest BCUT2D eigenvalue weighted by atomic mass is 10.0. The first-order valence-corrected chi connectivity index (χ1v) is 9.05.